The second-order valence-corrected chi connectivity index (χ2v) is 9.11. The van der Waals surface area contributed by atoms with Crippen molar-refractivity contribution < 1.29 is 9.53 Å². The van der Waals surface area contributed by atoms with Crippen molar-refractivity contribution in [3.8, 4) is 16.9 Å². The average molecular weight is 541 g/mol. The van der Waals surface area contributed by atoms with Crippen molar-refractivity contribution in [3.63, 3.8) is 0 Å². The number of hydrogen-bond donors (Lipinski definition) is 2. The second kappa shape index (κ2) is 13.0. The van der Waals surface area contributed by atoms with Crippen LogP contribution in [0.25, 0.3) is 32.7 Å². The zero-order chi connectivity index (χ0) is 24.2. The maximum atomic E-state index is 13.6. The van der Waals surface area contributed by atoms with Gasteiger partial charge in [0.1, 0.15) is 5.75 Å². The maximum absolute atomic E-state index is 13.6. The molecule has 1 aliphatic rings. The summed E-state index contributed by atoms with van der Waals surface area (Å²) in [6, 6.07) is 23.1. The molecule has 1 aliphatic heterocycles. The van der Waals surface area contributed by atoms with E-state index in [0.717, 1.165) is 77.9 Å². The van der Waals surface area contributed by atoms with Gasteiger partial charge in [0, 0.05) is 43.7 Å². The van der Waals surface area contributed by atoms with Gasteiger partial charge < -0.3 is 20.3 Å². The highest BCUT2D eigenvalue weighted by molar-refractivity contribution is 6.17. The molecule has 1 fully saturated rings. The summed E-state index contributed by atoms with van der Waals surface area (Å²) in [5, 5.41) is 11.2. The highest BCUT2D eigenvalue weighted by atomic mass is 35.5. The lowest BCUT2D eigenvalue weighted by Crippen LogP contribution is -2.44. The van der Waals surface area contributed by atoms with Gasteiger partial charge in [-0.1, -0.05) is 55.8 Å². The molecule has 2 N–H and O–H groups in total. The Morgan fingerprint density at radius 2 is 1.57 bits per heavy atom. The first-order chi connectivity index (χ1) is 17.2. The molecular formula is C30H35Cl2N3O2. The molecular weight excluding hydrogens is 505 g/mol. The van der Waals surface area contributed by atoms with Crippen molar-refractivity contribution in [3.05, 3.63) is 72.3 Å². The number of benzene rings is 4. The number of methoxy groups -OCH3 is 1. The van der Waals surface area contributed by atoms with E-state index < -0.39 is 0 Å². The molecule has 0 unspecified atom stereocenters. The predicted molar refractivity (Wildman–Crippen MR) is 160 cm³/mol. The summed E-state index contributed by atoms with van der Waals surface area (Å²) in [5.74, 6) is 0.785. The van der Waals surface area contributed by atoms with Crippen molar-refractivity contribution in [1.82, 2.24) is 10.6 Å². The van der Waals surface area contributed by atoms with Crippen LogP contribution in [-0.4, -0.2) is 45.7 Å². The van der Waals surface area contributed by atoms with Crippen LogP contribution in [0.4, 0.5) is 5.69 Å². The summed E-state index contributed by atoms with van der Waals surface area (Å²) in [7, 11) is 1.70. The summed E-state index contributed by atoms with van der Waals surface area (Å²) in [6.45, 7) is 6.35. The third-order valence-electron chi connectivity index (χ3n) is 6.87. The number of halogens is 2. The molecule has 0 aromatic heterocycles. The number of amides is 1. The van der Waals surface area contributed by atoms with Crippen LogP contribution in [0, 0.1) is 0 Å². The van der Waals surface area contributed by atoms with Gasteiger partial charge >= 0.3 is 0 Å². The number of piperazine rings is 1. The van der Waals surface area contributed by atoms with E-state index in [4.69, 9.17) is 4.74 Å². The van der Waals surface area contributed by atoms with Gasteiger partial charge in [0.25, 0.3) is 5.91 Å². The molecule has 1 heterocycles. The number of unbranched alkanes of at least 4 members (excludes halogenated alkanes) is 1. The zero-order valence-electron chi connectivity index (χ0n) is 21.4. The van der Waals surface area contributed by atoms with Gasteiger partial charge in [-0.3, -0.25) is 4.79 Å². The number of fused-ring (bicyclic) bond motifs is 2. The number of nitrogens with zero attached hydrogens (tertiary/aromatic N) is 1. The molecule has 0 bridgehead atoms. The van der Waals surface area contributed by atoms with Gasteiger partial charge in [0.2, 0.25) is 0 Å². The summed E-state index contributed by atoms with van der Waals surface area (Å²) in [4.78, 5) is 16.0. The summed E-state index contributed by atoms with van der Waals surface area (Å²) in [5.41, 5.74) is 3.76. The Hall–Kier alpha value is -2.99. The number of rotatable bonds is 7. The van der Waals surface area contributed by atoms with Crippen LogP contribution in [0.5, 0.6) is 5.75 Å². The van der Waals surface area contributed by atoms with E-state index in [1.54, 1.807) is 7.11 Å². The van der Waals surface area contributed by atoms with Gasteiger partial charge in [-0.2, -0.15) is 0 Å². The largest absolute Gasteiger partial charge is 0.496 e. The highest BCUT2D eigenvalue weighted by Crippen LogP contribution is 2.42. The van der Waals surface area contributed by atoms with Crippen molar-refractivity contribution in [2.75, 3.05) is 44.7 Å². The number of para-hydroxylation sites is 1. The van der Waals surface area contributed by atoms with Crippen LogP contribution in [-0.2, 0) is 0 Å². The fourth-order valence-electron chi connectivity index (χ4n) is 5.06. The molecule has 0 aliphatic carbocycles. The number of carbonyl (C=O) groups is 1. The first kappa shape index (κ1) is 28.6. The predicted octanol–water partition coefficient (Wildman–Crippen LogP) is 6.45. The van der Waals surface area contributed by atoms with E-state index in [0.29, 0.717) is 6.54 Å². The monoisotopic (exact) mass is 539 g/mol. The third kappa shape index (κ3) is 5.80. The summed E-state index contributed by atoms with van der Waals surface area (Å²) < 4.78 is 5.74. The Bertz CT molecular complexity index is 1370. The van der Waals surface area contributed by atoms with Crippen molar-refractivity contribution in [1.29, 1.82) is 0 Å². The van der Waals surface area contributed by atoms with Crippen molar-refractivity contribution >= 4 is 58.0 Å². The minimum Gasteiger partial charge on any atom is -0.496 e. The molecule has 5 rings (SSSR count). The second-order valence-electron chi connectivity index (χ2n) is 9.11. The minimum absolute atomic E-state index is 0. The smallest absolute Gasteiger partial charge is 0.253 e. The first-order valence-electron chi connectivity index (χ1n) is 12.6. The van der Waals surface area contributed by atoms with Gasteiger partial charge in [-0.15, -0.1) is 24.8 Å². The number of nitrogens with one attached hydrogen (secondary N) is 2. The molecule has 196 valence electrons. The Kier molecular flexibility index (Phi) is 10.0. The molecule has 1 saturated heterocycles. The van der Waals surface area contributed by atoms with Crippen molar-refractivity contribution in [2.24, 2.45) is 0 Å². The fraction of sp³-hybridized carbons (Fsp3) is 0.300. The quantitative estimate of drug-likeness (QED) is 0.209. The average Bonchev–Trinajstić information content (AvgIpc) is 2.91. The third-order valence-corrected chi connectivity index (χ3v) is 6.87. The Morgan fingerprint density at radius 3 is 2.24 bits per heavy atom. The standard InChI is InChI=1S/C30H33N3O2.2ClH/c1-3-4-13-32-30(34)27-20-25(23-11-7-8-12-28(23)35-2)24-18-21-9-5-6-10-22(21)19-26(24)29(27)33-16-14-31-15-17-33;;/h5-12,18-20,31H,3-4,13-17H2,1-2H3,(H,32,34);2*1H. The van der Waals surface area contributed by atoms with E-state index in [1.807, 2.05) is 18.2 Å². The molecule has 1 amide bonds. The molecule has 0 saturated carbocycles. The maximum Gasteiger partial charge on any atom is 0.253 e. The van der Waals surface area contributed by atoms with Gasteiger partial charge in [0.05, 0.1) is 18.4 Å². The van der Waals surface area contributed by atoms with Gasteiger partial charge in [-0.25, -0.2) is 0 Å². The highest BCUT2D eigenvalue weighted by Gasteiger charge is 2.24. The summed E-state index contributed by atoms with van der Waals surface area (Å²) in [6.07, 6.45) is 2.01. The Morgan fingerprint density at radius 1 is 0.919 bits per heavy atom. The van der Waals surface area contributed by atoms with E-state index in [-0.39, 0.29) is 30.7 Å². The number of anilines is 1. The van der Waals surface area contributed by atoms with E-state index in [1.165, 1.54) is 10.8 Å². The fourth-order valence-corrected chi connectivity index (χ4v) is 5.06. The van der Waals surface area contributed by atoms with Crippen LogP contribution < -0.4 is 20.3 Å². The topological polar surface area (TPSA) is 53.6 Å². The summed E-state index contributed by atoms with van der Waals surface area (Å²) >= 11 is 0. The van der Waals surface area contributed by atoms with Crippen LogP contribution in [0.15, 0.2) is 66.7 Å². The molecule has 0 atom stereocenters. The Labute approximate surface area is 231 Å². The van der Waals surface area contributed by atoms with E-state index in [9.17, 15) is 4.79 Å². The lowest BCUT2D eigenvalue weighted by atomic mass is 9.90. The molecule has 4 aromatic carbocycles. The molecule has 37 heavy (non-hydrogen) atoms. The molecule has 4 aromatic rings. The zero-order valence-corrected chi connectivity index (χ0v) is 23.0. The van der Waals surface area contributed by atoms with Crippen LogP contribution in [0.1, 0.15) is 30.1 Å². The molecule has 0 spiro atoms. The van der Waals surface area contributed by atoms with Crippen molar-refractivity contribution in [2.45, 2.75) is 19.8 Å². The number of ether oxygens (including phenoxy) is 1. The van der Waals surface area contributed by atoms with Crippen LogP contribution in [0.2, 0.25) is 0 Å². The van der Waals surface area contributed by atoms with E-state index >= 15 is 0 Å². The minimum atomic E-state index is -0.0156. The molecule has 7 heteroatoms. The van der Waals surface area contributed by atoms with Gasteiger partial charge in [-0.05, 0) is 52.4 Å². The lowest BCUT2D eigenvalue weighted by Gasteiger charge is -2.33. The number of carbonyl (C=O) groups excluding carboxylic acids is 1. The molecule has 0 radical (unpaired) electrons. The Balaban J connectivity index is 0.00000190. The molecule has 5 nitrogen and oxygen atoms in total. The van der Waals surface area contributed by atoms with E-state index in [2.05, 4.69) is 71.0 Å². The number of hydrogen-bond acceptors (Lipinski definition) is 4. The SMILES string of the molecule is CCCCNC(=O)c1cc(-c2ccccc2OC)c2cc3ccccc3cc2c1N1CCNCC1.Cl.Cl. The lowest BCUT2D eigenvalue weighted by molar-refractivity contribution is 0.0953. The van der Waals surface area contributed by atoms with Gasteiger partial charge in [0.15, 0.2) is 0 Å². The van der Waals surface area contributed by atoms with Crippen LogP contribution >= 0.6 is 24.8 Å². The first-order valence-corrected chi connectivity index (χ1v) is 12.6. The van der Waals surface area contributed by atoms with Crippen LogP contribution in [0.3, 0.4) is 0 Å². The normalized spacial score (nSPS) is 13.1.